The molecule has 1 heterocycles. The molecule has 1 aromatic carbocycles. The molecule has 18 heavy (non-hydrogen) atoms. The third-order valence-corrected chi connectivity index (χ3v) is 4.62. The number of aliphatic hydroxyl groups is 1. The lowest BCUT2D eigenvalue weighted by Crippen LogP contribution is -2.43. The number of hydrogen-bond acceptors (Lipinski definition) is 3. The van der Waals surface area contributed by atoms with Crippen LogP contribution < -0.4 is 4.72 Å². The van der Waals surface area contributed by atoms with Gasteiger partial charge in [-0.15, -0.1) is 0 Å². The molecular formula is C12H18N2O3S. The molecule has 6 heteroatoms. The highest BCUT2D eigenvalue weighted by molar-refractivity contribution is 7.87. The number of nitrogens with zero attached hydrogens (tertiary/aromatic N) is 1. The molecule has 0 amide bonds. The number of rotatable bonds is 5. The van der Waals surface area contributed by atoms with E-state index in [1.165, 1.54) is 9.87 Å². The maximum absolute atomic E-state index is 12.0. The van der Waals surface area contributed by atoms with Gasteiger partial charge in [-0.3, -0.25) is 0 Å². The Kier molecular flexibility index (Phi) is 4.34. The molecule has 0 spiro atoms. The Morgan fingerprint density at radius 2 is 2.00 bits per heavy atom. The fourth-order valence-electron chi connectivity index (χ4n) is 2.05. The summed E-state index contributed by atoms with van der Waals surface area (Å²) in [6.07, 6.45) is 1.18. The molecule has 0 aliphatic carbocycles. The summed E-state index contributed by atoms with van der Waals surface area (Å²) in [4.78, 5) is 0. The zero-order valence-corrected chi connectivity index (χ0v) is 11.0. The highest BCUT2D eigenvalue weighted by Gasteiger charge is 2.25. The van der Waals surface area contributed by atoms with Crippen molar-refractivity contribution in [1.82, 2.24) is 9.03 Å². The molecule has 0 atom stereocenters. The van der Waals surface area contributed by atoms with Crippen molar-refractivity contribution in [2.24, 2.45) is 0 Å². The van der Waals surface area contributed by atoms with Crippen molar-refractivity contribution in [3.63, 3.8) is 0 Å². The van der Waals surface area contributed by atoms with Gasteiger partial charge in [-0.25, -0.2) is 4.72 Å². The topological polar surface area (TPSA) is 69.6 Å². The second-order valence-corrected chi connectivity index (χ2v) is 6.08. The maximum Gasteiger partial charge on any atom is 0.279 e. The van der Waals surface area contributed by atoms with Crippen molar-refractivity contribution in [3.8, 4) is 0 Å². The van der Waals surface area contributed by atoms with E-state index < -0.39 is 10.2 Å². The van der Waals surface area contributed by atoms with Gasteiger partial charge < -0.3 is 5.11 Å². The summed E-state index contributed by atoms with van der Waals surface area (Å²) in [6, 6.07) is 7.90. The molecular weight excluding hydrogens is 252 g/mol. The van der Waals surface area contributed by atoms with Crippen LogP contribution in [0.25, 0.3) is 0 Å². The molecule has 0 fully saturated rings. The Labute approximate surface area is 108 Å². The van der Waals surface area contributed by atoms with E-state index in [0.29, 0.717) is 19.5 Å². The first-order valence-electron chi connectivity index (χ1n) is 6.06. The third kappa shape index (κ3) is 3.08. The summed E-state index contributed by atoms with van der Waals surface area (Å²) < 4.78 is 28.0. The van der Waals surface area contributed by atoms with Crippen LogP contribution in [0, 0.1) is 0 Å². The van der Waals surface area contributed by atoms with Crippen LogP contribution in [0.1, 0.15) is 17.5 Å². The first kappa shape index (κ1) is 13.5. The average Bonchev–Trinajstić information content (AvgIpc) is 2.38. The first-order chi connectivity index (χ1) is 8.63. The van der Waals surface area contributed by atoms with Gasteiger partial charge in [-0.05, 0) is 24.0 Å². The van der Waals surface area contributed by atoms with Crippen molar-refractivity contribution in [3.05, 3.63) is 35.4 Å². The normalized spacial score (nSPS) is 16.5. The van der Waals surface area contributed by atoms with E-state index >= 15 is 0 Å². The molecule has 2 rings (SSSR count). The monoisotopic (exact) mass is 270 g/mol. The molecule has 0 saturated heterocycles. The van der Waals surface area contributed by atoms with Crippen LogP contribution in [0.3, 0.4) is 0 Å². The number of fused-ring (bicyclic) bond motifs is 1. The summed E-state index contributed by atoms with van der Waals surface area (Å²) in [5.41, 5.74) is 2.29. The van der Waals surface area contributed by atoms with Crippen LogP contribution >= 0.6 is 0 Å². The first-order valence-corrected chi connectivity index (χ1v) is 7.50. The van der Waals surface area contributed by atoms with E-state index in [0.717, 1.165) is 12.0 Å². The summed E-state index contributed by atoms with van der Waals surface area (Å²) >= 11 is 0. The molecule has 5 nitrogen and oxygen atoms in total. The van der Waals surface area contributed by atoms with Gasteiger partial charge in [0.15, 0.2) is 0 Å². The molecule has 0 unspecified atom stereocenters. The molecule has 0 aromatic heterocycles. The number of benzene rings is 1. The summed E-state index contributed by atoms with van der Waals surface area (Å²) in [5.74, 6) is 0. The Morgan fingerprint density at radius 3 is 2.72 bits per heavy atom. The van der Waals surface area contributed by atoms with Crippen LogP contribution in [0.2, 0.25) is 0 Å². The van der Waals surface area contributed by atoms with E-state index in [9.17, 15) is 8.42 Å². The van der Waals surface area contributed by atoms with Gasteiger partial charge >= 0.3 is 0 Å². The Hall–Kier alpha value is -0.950. The Morgan fingerprint density at radius 1 is 1.28 bits per heavy atom. The van der Waals surface area contributed by atoms with Crippen molar-refractivity contribution in [2.45, 2.75) is 19.4 Å². The fraction of sp³-hybridized carbons (Fsp3) is 0.500. The molecule has 1 aromatic rings. The van der Waals surface area contributed by atoms with Crippen LogP contribution in [0.5, 0.6) is 0 Å². The lowest BCUT2D eigenvalue weighted by molar-refractivity contribution is 0.288. The van der Waals surface area contributed by atoms with Gasteiger partial charge in [0.1, 0.15) is 0 Å². The van der Waals surface area contributed by atoms with Crippen molar-refractivity contribution < 1.29 is 13.5 Å². The van der Waals surface area contributed by atoms with Gasteiger partial charge in [0, 0.05) is 26.2 Å². The average molecular weight is 270 g/mol. The minimum Gasteiger partial charge on any atom is -0.396 e. The third-order valence-electron chi connectivity index (χ3n) is 3.05. The van der Waals surface area contributed by atoms with Gasteiger partial charge in [-0.2, -0.15) is 12.7 Å². The van der Waals surface area contributed by atoms with Gasteiger partial charge in [0.05, 0.1) is 0 Å². The van der Waals surface area contributed by atoms with E-state index in [1.54, 1.807) is 0 Å². The predicted molar refractivity (Wildman–Crippen MR) is 69.2 cm³/mol. The van der Waals surface area contributed by atoms with Crippen molar-refractivity contribution in [1.29, 1.82) is 0 Å². The van der Waals surface area contributed by atoms with Crippen LogP contribution in [-0.2, 0) is 23.2 Å². The zero-order chi connectivity index (χ0) is 13.0. The highest BCUT2D eigenvalue weighted by Crippen LogP contribution is 2.20. The summed E-state index contributed by atoms with van der Waals surface area (Å²) in [6.45, 7) is 1.19. The van der Waals surface area contributed by atoms with Crippen LogP contribution in [0.15, 0.2) is 24.3 Å². The van der Waals surface area contributed by atoms with Gasteiger partial charge in [-0.1, -0.05) is 24.3 Å². The predicted octanol–water partition coefficient (Wildman–Crippen LogP) is 0.261. The standard InChI is InChI=1S/C12H18N2O3S/c15-9-3-7-13-18(16,17)14-8-6-11-4-1-2-5-12(11)10-14/h1-2,4-5,13,15H,3,6-10H2. The van der Waals surface area contributed by atoms with Gasteiger partial charge in [0.2, 0.25) is 0 Å². The Balaban J connectivity index is 2.04. The minimum atomic E-state index is -3.43. The van der Waals surface area contributed by atoms with E-state index in [4.69, 9.17) is 5.11 Å². The molecule has 0 saturated carbocycles. The molecule has 1 aliphatic heterocycles. The number of hydrogen-bond donors (Lipinski definition) is 2. The van der Waals surface area contributed by atoms with E-state index in [-0.39, 0.29) is 13.2 Å². The lowest BCUT2D eigenvalue weighted by Gasteiger charge is -2.28. The fourth-order valence-corrected chi connectivity index (χ4v) is 3.27. The number of aliphatic hydroxyl groups excluding tert-OH is 1. The SMILES string of the molecule is O=S(=O)(NCCCO)N1CCc2ccccc2C1. The summed E-state index contributed by atoms with van der Waals surface area (Å²) in [5, 5.41) is 8.66. The number of nitrogens with one attached hydrogen (secondary N) is 1. The van der Waals surface area contributed by atoms with E-state index in [2.05, 4.69) is 4.72 Å². The Bertz CT molecular complexity index is 502. The minimum absolute atomic E-state index is 0.00858. The largest absolute Gasteiger partial charge is 0.396 e. The van der Waals surface area contributed by atoms with Gasteiger partial charge in [0.25, 0.3) is 10.2 Å². The quantitative estimate of drug-likeness (QED) is 0.754. The van der Waals surface area contributed by atoms with Crippen LogP contribution in [0.4, 0.5) is 0 Å². The molecule has 0 radical (unpaired) electrons. The lowest BCUT2D eigenvalue weighted by atomic mass is 10.0. The molecule has 0 bridgehead atoms. The van der Waals surface area contributed by atoms with Crippen LogP contribution in [-0.4, -0.2) is 37.5 Å². The molecule has 2 N–H and O–H groups in total. The smallest absolute Gasteiger partial charge is 0.279 e. The zero-order valence-electron chi connectivity index (χ0n) is 10.2. The van der Waals surface area contributed by atoms with Crippen molar-refractivity contribution >= 4 is 10.2 Å². The van der Waals surface area contributed by atoms with E-state index in [1.807, 2.05) is 24.3 Å². The second kappa shape index (κ2) is 5.79. The maximum atomic E-state index is 12.0. The molecule has 1 aliphatic rings. The molecule has 100 valence electrons. The van der Waals surface area contributed by atoms with Crippen molar-refractivity contribution in [2.75, 3.05) is 19.7 Å². The summed E-state index contributed by atoms with van der Waals surface area (Å²) in [7, 11) is -3.43. The highest BCUT2D eigenvalue weighted by atomic mass is 32.2. The second-order valence-electron chi connectivity index (χ2n) is 4.33.